The quantitative estimate of drug-likeness (QED) is 0.768. The van der Waals surface area contributed by atoms with Crippen molar-refractivity contribution >= 4 is 5.91 Å². The molecule has 0 spiro atoms. The van der Waals surface area contributed by atoms with E-state index in [0.717, 1.165) is 18.2 Å². The smallest absolute Gasteiger partial charge is 0.416 e. The molecular formula is C17H14F5NO3. The van der Waals surface area contributed by atoms with Crippen molar-refractivity contribution in [3.05, 3.63) is 59.2 Å². The summed E-state index contributed by atoms with van der Waals surface area (Å²) in [4.78, 5) is 12.1. The first-order chi connectivity index (χ1) is 12.2. The van der Waals surface area contributed by atoms with Gasteiger partial charge in [-0.05, 0) is 35.9 Å². The molecule has 1 N–H and O–H groups in total. The first-order valence-electron chi connectivity index (χ1n) is 7.28. The van der Waals surface area contributed by atoms with Gasteiger partial charge in [0, 0.05) is 12.1 Å². The number of benzene rings is 2. The average molecular weight is 375 g/mol. The van der Waals surface area contributed by atoms with Gasteiger partial charge in [-0.25, -0.2) is 0 Å². The molecule has 26 heavy (non-hydrogen) atoms. The number of ether oxygens (including phenoxy) is 2. The Labute approximate surface area is 145 Å². The Hall–Kier alpha value is -2.84. The Bertz CT molecular complexity index is 777. The lowest BCUT2D eigenvalue weighted by atomic mass is 10.1. The van der Waals surface area contributed by atoms with Crippen molar-refractivity contribution in [1.29, 1.82) is 0 Å². The Kier molecular flexibility index (Phi) is 6.01. The second kappa shape index (κ2) is 8.03. The van der Waals surface area contributed by atoms with Crippen molar-refractivity contribution in [1.82, 2.24) is 5.32 Å². The second-order valence-electron chi connectivity index (χ2n) is 5.12. The predicted molar refractivity (Wildman–Crippen MR) is 82.2 cm³/mol. The van der Waals surface area contributed by atoms with Gasteiger partial charge in [0.05, 0.1) is 12.7 Å². The molecule has 9 heteroatoms. The van der Waals surface area contributed by atoms with Gasteiger partial charge in [0.2, 0.25) is 0 Å². The minimum Gasteiger partial charge on any atom is -0.493 e. The summed E-state index contributed by atoms with van der Waals surface area (Å²) in [5, 5.41) is 2.45. The van der Waals surface area contributed by atoms with Gasteiger partial charge in [-0.15, -0.1) is 0 Å². The highest BCUT2D eigenvalue weighted by atomic mass is 19.4. The number of carbonyl (C=O) groups is 1. The number of alkyl halides is 5. The SMILES string of the molecule is COc1cc(C(=O)NCc2cccc(C(F)(F)F)c2)ccc1OC(F)F. The molecule has 0 saturated carbocycles. The van der Waals surface area contributed by atoms with E-state index in [1.54, 1.807) is 0 Å². The van der Waals surface area contributed by atoms with Crippen LogP contribution < -0.4 is 14.8 Å². The molecule has 4 nitrogen and oxygen atoms in total. The van der Waals surface area contributed by atoms with Crippen LogP contribution in [-0.4, -0.2) is 19.6 Å². The second-order valence-corrected chi connectivity index (χ2v) is 5.12. The Morgan fingerprint density at radius 1 is 1.12 bits per heavy atom. The van der Waals surface area contributed by atoms with Gasteiger partial charge in [-0.3, -0.25) is 4.79 Å². The van der Waals surface area contributed by atoms with Crippen LogP contribution in [0.15, 0.2) is 42.5 Å². The number of rotatable bonds is 6. The molecule has 0 aliphatic heterocycles. The third-order valence-corrected chi connectivity index (χ3v) is 3.35. The summed E-state index contributed by atoms with van der Waals surface area (Å²) < 4.78 is 71.7. The minimum atomic E-state index is -4.48. The highest BCUT2D eigenvalue weighted by Gasteiger charge is 2.30. The van der Waals surface area contributed by atoms with E-state index in [-0.39, 0.29) is 29.2 Å². The van der Waals surface area contributed by atoms with Crippen LogP contribution in [0.25, 0.3) is 0 Å². The molecule has 2 rings (SSSR count). The zero-order chi connectivity index (χ0) is 19.3. The van der Waals surface area contributed by atoms with Crippen LogP contribution in [0.5, 0.6) is 11.5 Å². The van der Waals surface area contributed by atoms with Crippen molar-refractivity contribution in [3.63, 3.8) is 0 Å². The van der Waals surface area contributed by atoms with E-state index < -0.39 is 24.3 Å². The summed E-state index contributed by atoms with van der Waals surface area (Å²) in [6, 6.07) is 8.11. The summed E-state index contributed by atoms with van der Waals surface area (Å²) in [6.45, 7) is -3.19. The molecule has 0 bridgehead atoms. The van der Waals surface area contributed by atoms with Crippen molar-refractivity contribution in [3.8, 4) is 11.5 Å². The average Bonchev–Trinajstić information content (AvgIpc) is 2.59. The molecule has 140 valence electrons. The molecule has 0 saturated heterocycles. The van der Waals surface area contributed by atoms with Gasteiger partial charge in [0.1, 0.15) is 0 Å². The van der Waals surface area contributed by atoms with Crippen LogP contribution in [0.2, 0.25) is 0 Å². The van der Waals surface area contributed by atoms with Crippen LogP contribution in [0.1, 0.15) is 21.5 Å². The van der Waals surface area contributed by atoms with E-state index in [2.05, 4.69) is 10.1 Å². The zero-order valence-corrected chi connectivity index (χ0v) is 13.4. The topological polar surface area (TPSA) is 47.6 Å². The normalized spacial score (nSPS) is 11.3. The highest BCUT2D eigenvalue weighted by molar-refractivity contribution is 5.94. The summed E-state index contributed by atoms with van der Waals surface area (Å²) >= 11 is 0. The number of amides is 1. The van der Waals surface area contributed by atoms with Gasteiger partial charge in [-0.2, -0.15) is 22.0 Å². The van der Waals surface area contributed by atoms with Crippen molar-refractivity contribution in [2.75, 3.05) is 7.11 Å². The number of carbonyl (C=O) groups excluding carboxylic acids is 1. The van der Waals surface area contributed by atoms with Crippen molar-refractivity contribution in [2.45, 2.75) is 19.3 Å². The third-order valence-electron chi connectivity index (χ3n) is 3.35. The number of methoxy groups -OCH3 is 1. The van der Waals surface area contributed by atoms with Gasteiger partial charge in [0.15, 0.2) is 11.5 Å². The fraction of sp³-hybridized carbons (Fsp3) is 0.235. The van der Waals surface area contributed by atoms with E-state index in [1.807, 2.05) is 0 Å². The molecule has 0 atom stereocenters. The first kappa shape index (κ1) is 19.5. The molecule has 2 aromatic carbocycles. The first-order valence-corrected chi connectivity index (χ1v) is 7.28. The molecule has 0 fully saturated rings. The Morgan fingerprint density at radius 2 is 1.85 bits per heavy atom. The molecule has 0 heterocycles. The lowest BCUT2D eigenvalue weighted by Crippen LogP contribution is -2.23. The number of halogens is 5. The summed E-state index contributed by atoms with van der Waals surface area (Å²) in [5.41, 5.74) is -0.479. The molecule has 0 aliphatic carbocycles. The molecule has 0 radical (unpaired) electrons. The fourth-order valence-corrected chi connectivity index (χ4v) is 2.14. The van der Waals surface area contributed by atoms with Crippen LogP contribution in [0.4, 0.5) is 22.0 Å². The molecule has 1 amide bonds. The molecule has 2 aromatic rings. The standard InChI is InChI=1S/C17H14F5NO3/c1-25-14-8-11(5-6-13(14)26-16(18)19)15(24)23-9-10-3-2-4-12(7-10)17(20,21)22/h2-8,16H,9H2,1H3,(H,23,24). The third kappa shape index (κ3) is 5.08. The monoisotopic (exact) mass is 375 g/mol. The van der Waals surface area contributed by atoms with E-state index in [4.69, 9.17) is 4.74 Å². The van der Waals surface area contributed by atoms with Crippen LogP contribution >= 0.6 is 0 Å². The van der Waals surface area contributed by atoms with E-state index in [1.165, 1.54) is 31.4 Å². The van der Waals surface area contributed by atoms with Crippen LogP contribution in [0, 0.1) is 0 Å². The Balaban J connectivity index is 2.08. The summed E-state index contributed by atoms with van der Waals surface area (Å²) in [5.74, 6) is -0.918. The van der Waals surface area contributed by atoms with E-state index >= 15 is 0 Å². The molecule has 0 unspecified atom stereocenters. The number of hydrogen-bond acceptors (Lipinski definition) is 3. The number of nitrogens with one attached hydrogen (secondary N) is 1. The van der Waals surface area contributed by atoms with E-state index in [9.17, 15) is 26.7 Å². The molecule has 0 aliphatic rings. The fourth-order valence-electron chi connectivity index (χ4n) is 2.14. The van der Waals surface area contributed by atoms with Crippen molar-refractivity contribution in [2.24, 2.45) is 0 Å². The van der Waals surface area contributed by atoms with Crippen LogP contribution in [-0.2, 0) is 12.7 Å². The number of hydrogen-bond donors (Lipinski definition) is 1. The summed E-state index contributed by atoms with van der Waals surface area (Å²) in [7, 11) is 1.22. The van der Waals surface area contributed by atoms with Gasteiger partial charge < -0.3 is 14.8 Å². The van der Waals surface area contributed by atoms with Crippen LogP contribution in [0.3, 0.4) is 0 Å². The lowest BCUT2D eigenvalue weighted by Gasteiger charge is -2.12. The maximum atomic E-state index is 12.7. The van der Waals surface area contributed by atoms with Gasteiger partial charge in [0.25, 0.3) is 5.91 Å². The molecular weight excluding hydrogens is 361 g/mol. The summed E-state index contributed by atoms with van der Waals surface area (Å²) in [6.07, 6.45) is -4.48. The minimum absolute atomic E-state index is 0.0722. The lowest BCUT2D eigenvalue weighted by molar-refractivity contribution is -0.137. The zero-order valence-electron chi connectivity index (χ0n) is 13.4. The maximum Gasteiger partial charge on any atom is 0.416 e. The predicted octanol–water partition coefficient (Wildman–Crippen LogP) is 4.25. The van der Waals surface area contributed by atoms with Crippen molar-refractivity contribution < 1.29 is 36.2 Å². The maximum absolute atomic E-state index is 12.7. The van der Waals surface area contributed by atoms with Gasteiger partial charge >= 0.3 is 12.8 Å². The molecule has 0 aromatic heterocycles. The van der Waals surface area contributed by atoms with E-state index in [0.29, 0.717) is 0 Å². The largest absolute Gasteiger partial charge is 0.493 e. The Morgan fingerprint density at radius 3 is 2.46 bits per heavy atom. The highest BCUT2D eigenvalue weighted by Crippen LogP contribution is 2.30. The van der Waals surface area contributed by atoms with Gasteiger partial charge in [-0.1, -0.05) is 12.1 Å².